The van der Waals surface area contributed by atoms with Gasteiger partial charge < -0.3 is 4.57 Å². The molecule has 0 aliphatic heterocycles. The van der Waals surface area contributed by atoms with Gasteiger partial charge in [-0.2, -0.15) is 0 Å². The number of hydrogen-bond donors (Lipinski definition) is 0. The average Bonchev–Trinajstić information content (AvgIpc) is 3.77. The van der Waals surface area contributed by atoms with Crippen molar-refractivity contribution < 1.29 is 0 Å². The molecule has 3 aromatic heterocycles. The van der Waals surface area contributed by atoms with Crippen molar-refractivity contribution in [2.75, 3.05) is 0 Å². The largest absolute Gasteiger partial charge is 0.309 e. The van der Waals surface area contributed by atoms with E-state index in [-0.39, 0.29) is 0 Å². The van der Waals surface area contributed by atoms with Crippen LogP contribution in [0.1, 0.15) is 31.5 Å². The maximum Gasteiger partial charge on any atom is 0.164 e. The fraction of sp³-hybridized carbons (Fsp3) is 0.0851. The van der Waals surface area contributed by atoms with Crippen LogP contribution in [0.2, 0.25) is 0 Å². The topological polar surface area (TPSA) is 43.6 Å². The lowest BCUT2D eigenvalue weighted by Crippen LogP contribution is -2.04. The zero-order valence-corrected chi connectivity index (χ0v) is 29.2. The fourth-order valence-electron chi connectivity index (χ4n) is 8.27. The maximum atomic E-state index is 5.15. The Morgan fingerprint density at radius 1 is 0.481 bits per heavy atom. The molecular weight excluding hydrogens is 653 g/mol. The summed E-state index contributed by atoms with van der Waals surface area (Å²) < 4.78 is 4.98. The van der Waals surface area contributed by atoms with Crippen LogP contribution in [-0.2, 0) is 0 Å². The summed E-state index contributed by atoms with van der Waals surface area (Å²) in [5.74, 6) is 2.21. The van der Waals surface area contributed by atoms with Crippen molar-refractivity contribution in [3.05, 3.63) is 151 Å². The lowest BCUT2D eigenvalue weighted by molar-refractivity contribution is 0.736. The Bertz CT molecular complexity index is 2980. The third kappa shape index (κ3) is 4.63. The van der Waals surface area contributed by atoms with Gasteiger partial charge in [0.05, 0.1) is 11.0 Å². The highest BCUT2D eigenvalue weighted by molar-refractivity contribution is 7.25. The van der Waals surface area contributed by atoms with Crippen LogP contribution in [0.25, 0.3) is 97.6 Å². The predicted octanol–water partition coefficient (Wildman–Crippen LogP) is 12.9. The van der Waals surface area contributed by atoms with E-state index in [0.29, 0.717) is 11.6 Å². The molecule has 0 atom stereocenters. The summed E-state index contributed by atoms with van der Waals surface area (Å²) in [6, 6.07) is 50.5. The molecular formula is C47H32N4S. The van der Waals surface area contributed by atoms with E-state index in [1.807, 2.05) is 11.3 Å². The van der Waals surface area contributed by atoms with Crippen LogP contribution >= 0.6 is 11.3 Å². The van der Waals surface area contributed by atoms with E-state index in [9.17, 15) is 0 Å². The zero-order valence-electron chi connectivity index (χ0n) is 28.4. The number of fused-ring (bicyclic) bond motifs is 10. The van der Waals surface area contributed by atoms with Crippen LogP contribution in [0, 0.1) is 0 Å². The Hall–Kier alpha value is -6.17. The van der Waals surface area contributed by atoms with E-state index in [4.69, 9.17) is 15.0 Å². The molecule has 0 unspecified atom stereocenters. The highest BCUT2D eigenvalue weighted by Gasteiger charge is 2.19. The number of nitrogens with zero attached hydrogens (tertiary/aromatic N) is 4. The molecule has 246 valence electrons. The van der Waals surface area contributed by atoms with Crippen molar-refractivity contribution in [3.8, 4) is 28.5 Å². The van der Waals surface area contributed by atoms with Crippen LogP contribution in [0.4, 0.5) is 0 Å². The SMILES string of the molecule is C1=C(c2nc(-c3ccc(-n4c5ccc6ccccc6c5c5c6ccccc6ccc54)cc3)nc(-c3ccc4sc5ccccc5c4c3)n2)CCCC1. The van der Waals surface area contributed by atoms with Gasteiger partial charge in [0, 0.05) is 47.8 Å². The molecule has 0 bridgehead atoms. The normalized spacial score (nSPS) is 13.6. The third-order valence-electron chi connectivity index (χ3n) is 10.8. The number of hydrogen-bond acceptors (Lipinski definition) is 4. The van der Waals surface area contributed by atoms with Crippen molar-refractivity contribution in [1.82, 2.24) is 19.5 Å². The summed E-state index contributed by atoms with van der Waals surface area (Å²) in [5, 5.41) is 10.1. The number of allylic oxidation sites excluding steroid dienone is 2. The first-order chi connectivity index (χ1) is 25.8. The second-order valence-corrected chi connectivity index (χ2v) is 14.9. The quantitative estimate of drug-likeness (QED) is 0.185. The Labute approximate surface area is 304 Å². The Morgan fingerprint density at radius 3 is 1.77 bits per heavy atom. The lowest BCUT2D eigenvalue weighted by Gasteiger charge is -2.14. The zero-order chi connectivity index (χ0) is 34.2. The second-order valence-electron chi connectivity index (χ2n) is 13.8. The second kappa shape index (κ2) is 11.7. The molecule has 0 saturated carbocycles. The van der Waals surface area contributed by atoms with Gasteiger partial charge in [0.2, 0.25) is 0 Å². The number of benzene rings is 7. The van der Waals surface area contributed by atoms with Crippen molar-refractivity contribution in [3.63, 3.8) is 0 Å². The molecule has 10 aromatic rings. The molecule has 0 amide bonds. The van der Waals surface area contributed by atoms with E-state index in [2.05, 4.69) is 150 Å². The van der Waals surface area contributed by atoms with Crippen LogP contribution in [0.5, 0.6) is 0 Å². The van der Waals surface area contributed by atoms with Crippen LogP contribution < -0.4 is 0 Å². The molecule has 52 heavy (non-hydrogen) atoms. The summed E-state index contributed by atoms with van der Waals surface area (Å²) in [6.07, 6.45) is 6.75. The molecule has 1 aliphatic rings. The number of aromatic nitrogens is 4. The molecule has 0 N–H and O–H groups in total. The first-order valence-electron chi connectivity index (χ1n) is 18.1. The molecule has 5 heteroatoms. The third-order valence-corrected chi connectivity index (χ3v) is 11.9. The molecule has 0 saturated heterocycles. The molecule has 0 fully saturated rings. The highest BCUT2D eigenvalue weighted by Crippen LogP contribution is 2.41. The lowest BCUT2D eigenvalue weighted by atomic mass is 9.99. The first-order valence-corrected chi connectivity index (χ1v) is 18.9. The van der Waals surface area contributed by atoms with Gasteiger partial charge in [-0.3, -0.25) is 0 Å². The Morgan fingerprint density at radius 2 is 1.08 bits per heavy atom. The molecule has 0 spiro atoms. The molecule has 3 heterocycles. The van der Waals surface area contributed by atoms with Gasteiger partial charge in [0.15, 0.2) is 17.5 Å². The predicted molar refractivity (Wildman–Crippen MR) is 219 cm³/mol. The van der Waals surface area contributed by atoms with Gasteiger partial charge in [-0.1, -0.05) is 84.9 Å². The van der Waals surface area contributed by atoms with Crippen molar-refractivity contribution >= 4 is 80.4 Å². The Balaban J connectivity index is 1.08. The standard InChI is InChI=1S/C47H32N4S/c1-2-12-31(13-3-1)45-48-46(50-47(49-45)33-22-27-42-38(28-33)37-16-8-9-17-41(37)52-42)32-18-23-34(24-19-32)51-39-25-20-29-10-4-6-14-35(29)43(39)44-36-15-7-5-11-30(36)21-26-40(44)51/h4-12,14-28H,1-3,13H2. The molecule has 4 nitrogen and oxygen atoms in total. The van der Waals surface area contributed by atoms with Crippen LogP contribution in [0.3, 0.4) is 0 Å². The smallest absolute Gasteiger partial charge is 0.164 e. The summed E-state index contributed by atoms with van der Waals surface area (Å²) in [6.45, 7) is 0. The summed E-state index contributed by atoms with van der Waals surface area (Å²) in [5.41, 5.74) is 6.71. The molecule has 11 rings (SSSR count). The van der Waals surface area contributed by atoms with Gasteiger partial charge in [-0.05, 0) is 113 Å². The highest BCUT2D eigenvalue weighted by atomic mass is 32.1. The van der Waals surface area contributed by atoms with Gasteiger partial charge in [-0.15, -0.1) is 11.3 Å². The fourth-order valence-corrected chi connectivity index (χ4v) is 9.36. The number of rotatable bonds is 4. The monoisotopic (exact) mass is 684 g/mol. The van der Waals surface area contributed by atoms with Crippen molar-refractivity contribution in [2.45, 2.75) is 25.7 Å². The van der Waals surface area contributed by atoms with Crippen molar-refractivity contribution in [2.24, 2.45) is 0 Å². The minimum absolute atomic E-state index is 0.701. The minimum Gasteiger partial charge on any atom is -0.309 e. The van der Waals surface area contributed by atoms with E-state index >= 15 is 0 Å². The van der Waals surface area contributed by atoms with E-state index < -0.39 is 0 Å². The van der Waals surface area contributed by atoms with Gasteiger partial charge in [0.25, 0.3) is 0 Å². The first kappa shape index (κ1) is 29.5. The van der Waals surface area contributed by atoms with Crippen LogP contribution in [-0.4, -0.2) is 19.5 Å². The molecule has 0 radical (unpaired) electrons. The van der Waals surface area contributed by atoms with E-state index in [0.717, 1.165) is 41.9 Å². The van der Waals surface area contributed by atoms with Crippen molar-refractivity contribution in [1.29, 1.82) is 0 Å². The molecule has 7 aromatic carbocycles. The van der Waals surface area contributed by atoms with Crippen LogP contribution in [0.15, 0.2) is 146 Å². The minimum atomic E-state index is 0.701. The Kier molecular flexibility index (Phi) is 6.64. The van der Waals surface area contributed by atoms with E-state index in [1.165, 1.54) is 75.5 Å². The van der Waals surface area contributed by atoms with Gasteiger partial charge >= 0.3 is 0 Å². The average molecular weight is 685 g/mol. The van der Waals surface area contributed by atoms with E-state index in [1.54, 1.807) is 0 Å². The van der Waals surface area contributed by atoms with Gasteiger partial charge in [-0.25, -0.2) is 15.0 Å². The summed E-state index contributed by atoms with van der Waals surface area (Å²) >= 11 is 1.83. The summed E-state index contributed by atoms with van der Waals surface area (Å²) in [7, 11) is 0. The number of thiophene rings is 1. The maximum absolute atomic E-state index is 5.15. The molecule has 1 aliphatic carbocycles. The summed E-state index contributed by atoms with van der Waals surface area (Å²) in [4.78, 5) is 15.4. The van der Waals surface area contributed by atoms with Gasteiger partial charge in [0.1, 0.15) is 0 Å².